The molecule has 33 heavy (non-hydrogen) atoms. The quantitative estimate of drug-likeness (QED) is 0.441. The summed E-state index contributed by atoms with van der Waals surface area (Å²) < 4.78 is 28.8. The van der Waals surface area contributed by atoms with Crippen LogP contribution in [0.3, 0.4) is 0 Å². The van der Waals surface area contributed by atoms with Gasteiger partial charge in [0, 0.05) is 42.3 Å². The van der Waals surface area contributed by atoms with Crippen molar-refractivity contribution in [2.24, 2.45) is 0 Å². The van der Waals surface area contributed by atoms with E-state index < -0.39 is 0 Å². The maximum Gasteiger partial charge on any atom is 0.165 e. The standard InChI is InChI=1S/C24H27FN6O2/c1-3-33-22-5-4-18(25)12-20(22)16(2)28-23-6-9-30-24(29-23)21(14-27-30)17-13-26-31(15-17)19-7-10-32-11-8-19/h4-6,9,12-16,19H,3,7-8,10-11H2,1-2H3,(H,28,29). The second-order valence-corrected chi connectivity index (χ2v) is 8.17. The van der Waals surface area contributed by atoms with Crippen molar-refractivity contribution in [2.45, 2.75) is 38.8 Å². The minimum Gasteiger partial charge on any atom is -0.494 e. The molecule has 0 spiro atoms. The number of ether oxygens (including phenoxy) is 2. The fourth-order valence-corrected chi connectivity index (χ4v) is 4.22. The van der Waals surface area contributed by atoms with Crippen LogP contribution in [0.4, 0.5) is 10.2 Å². The molecule has 3 aromatic heterocycles. The SMILES string of the molecule is CCOc1ccc(F)cc1C(C)Nc1ccn2ncc(-c3cnn(C4CCOCC4)c3)c2n1. The van der Waals surface area contributed by atoms with Crippen molar-refractivity contribution in [3.05, 3.63) is 60.4 Å². The van der Waals surface area contributed by atoms with Gasteiger partial charge in [-0.05, 0) is 51.0 Å². The van der Waals surface area contributed by atoms with Crippen molar-refractivity contribution in [3.63, 3.8) is 0 Å². The van der Waals surface area contributed by atoms with Gasteiger partial charge in [0.15, 0.2) is 5.65 Å². The number of nitrogens with one attached hydrogen (secondary N) is 1. The molecular weight excluding hydrogens is 423 g/mol. The van der Waals surface area contributed by atoms with Gasteiger partial charge in [-0.2, -0.15) is 10.2 Å². The zero-order chi connectivity index (χ0) is 22.8. The molecule has 1 saturated heterocycles. The largest absolute Gasteiger partial charge is 0.494 e. The third-order valence-corrected chi connectivity index (χ3v) is 5.95. The first kappa shape index (κ1) is 21.4. The number of aromatic nitrogens is 5. The van der Waals surface area contributed by atoms with Crippen molar-refractivity contribution < 1.29 is 13.9 Å². The van der Waals surface area contributed by atoms with E-state index in [1.54, 1.807) is 16.8 Å². The average Bonchev–Trinajstić information content (AvgIpc) is 3.48. The molecule has 0 radical (unpaired) electrons. The van der Waals surface area contributed by atoms with Crippen LogP contribution in [0, 0.1) is 5.82 Å². The molecule has 0 amide bonds. The molecule has 1 aromatic carbocycles. The van der Waals surface area contributed by atoms with Crippen LogP contribution in [0.2, 0.25) is 0 Å². The van der Waals surface area contributed by atoms with E-state index in [0.29, 0.717) is 24.2 Å². The third-order valence-electron chi connectivity index (χ3n) is 5.95. The number of hydrogen-bond acceptors (Lipinski definition) is 6. The topological polar surface area (TPSA) is 78.5 Å². The molecule has 1 aliphatic rings. The minimum atomic E-state index is -0.301. The van der Waals surface area contributed by atoms with Gasteiger partial charge in [0.1, 0.15) is 17.4 Å². The highest BCUT2D eigenvalue weighted by atomic mass is 19.1. The average molecular weight is 451 g/mol. The predicted octanol–water partition coefficient (Wildman–Crippen LogP) is 4.66. The van der Waals surface area contributed by atoms with Crippen LogP contribution < -0.4 is 10.1 Å². The van der Waals surface area contributed by atoms with Gasteiger partial charge in [-0.3, -0.25) is 4.68 Å². The van der Waals surface area contributed by atoms with Crippen LogP contribution in [0.5, 0.6) is 5.75 Å². The number of rotatable bonds is 7. The van der Waals surface area contributed by atoms with E-state index in [4.69, 9.17) is 14.5 Å². The highest BCUT2D eigenvalue weighted by Crippen LogP contribution is 2.30. The summed E-state index contributed by atoms with van der Waals surface area (Å²) in [5.41, 5.74) is 3.34. The first-order valence-corrected chi connectivity index (χ1v) is 11.3. The molecule has 5 rings (SSSR count). The van der Waals surface area contributed by atoms with Crippen LogP contribution in [0.15, 0.2) is 49.1 Å². The second kappa shape index (κ2) is 9.19. The summed E-state index contributed by atoms with van der Waals surface area (Å²) in [6.07, 6.45) is 9.50. The van der Waals surface area contributed by atoms with Gasteiger partial charge in [0.05, 0.1) is 31.1 Å². The van der Waals surface area contributed by atoms with Crippen molar-refractivity contribution in [1.29, 1.82) is 0 Å². The summed E-state index contributed by atoms with van der Waals surface area (Å²) in [6, 6.07) is 6.56. The molecule has 172 valence electrons. The Bertz CT molecular complexity index is 1250. The molecule has 1 N–H and O–H groups in total. The van der Waals surface area contributed by atoms with Crippen molar-refractivity contribution in [2.75, 3.05) is 25.1 Å². The number of nitrogens with zero attached hydrogens (tertiary/aromatic N) is 5. The van der Waals surface area contributed by atoms with E-state index in [0.717, 1.165) is 48.4 Å². The monoisotopic (exact) mass is 450 g/mol. The van der Waals surface area contributed by atoms with E-state index >= 15 is 0 Å². The Balaban J connectivity index is 1.41. The van der Waals surface area contributed by atoms with Gasteiger partial charge in [-0.25, -0.2) is 13.9 Å². The lowest BCUT2D eigenvalue weighted by molar-refractivity contribution is 0.0662. The van der Waals surface area contributed by atoms with Gasteiger partial charge in [-0.1, -0.05) is 0 Å². The predicted molar refractivity (Wildman–Crippen MR) is 123 cm³/mol. The van der Waals surface area contributed by atoms with Gasteiger partial charge in [0.25, 0.3) is 0 Å². The Labute approximate surface area is 191 Å². The lowest BCUT2D eigenvalue weighted by Gasteiger charge is -2.22. The first-order chi connectivity index (χ1) is 16.1. The van der Waals surface area contributed by atoms with Gasteiger partial charge in [-0.15, -0.1) is 0 Å². The van der Waals surface area contributed by atoms with Crippen LogP contribution in [0.25, 0.3) is 16.8 Å². The zero-order valence-corrected chi connectivity index (χ0v) is 18.7. The molecule has 1 atom stereocenters. The molecule has 4 heterocycles. The number of halogens is 1. The summed E-state index contributed by atoms with van der Waals surface area (Å²) in [5, 5.41) is 12.4. The summed E-state index contributed by atoms with van der Waals surface area (Å²) in [7, 11) is 0. The smallest absolute Gasteiger partial charge is 0.165 e. The van der Waals surface area contributed by atoms with E-state index in [-0.39, 0.29) is 11.9 Å². The summed E-state index contributed by atoms with van der Waals surface area (Å²) in [4.78, 5) is 4.79. The third kappa shape index (κ3) is 4.41. The van der Waals surface area contributed by atoms with Gasteiger partial charge >= 0.3 is 0 Å². The number of benzene rings is 1. The lowest BCUT2D eigenvalue weighted by Crippen LogP contribution is -2.19. The van der Waals surface area contributed by atoms with E-state index in [9.17, 15) is 4.39 Å². The number of anilines is 1. The van der Waals surface area contributed by atoms with Crippen LogP contribution in [-0.4, -0.2) is 44.2 Å². The highest BCUT2D eigenvalue weighted by molar-refractivity contribution is 5.76. The zero-order valence-electron chi connectivity index (χ0n) is 18.7. The summed E-state index contributed by atoms with van der Waals surface area (Å²) >= 11 is 0. The molecule has 1 fully saturated rings. The molecule has 1 unspecified atom stereocenters. The Morgan fingerprint density at radius 2 is 2.06 bits per heavy atom. The molecule has 4 aromatic rings. The van der Waals surface area contributed by atoms with E-state index in [1.807, 2.05) is 37.0 Å². The normalized spacial score (nSPS) is 15.6. The van der Waals surface area contributed by atoms with Crippen LogP contribution in [0.1, 0.15) is 44.3 Å². The molecule has 0 saturated carbocycles. The summed E-state index contributed by atoms with van der Waals surface area (Å²) in [6.45, 7) is 5.91. The lowest BCUT2D eigenvalue weighted by atomic mass is 10.1. The molecule has 0 bridgehead atoms. The first-order valence-electron chi connectivity index (χ1n) is 11.3. The fraction of sp³-hybridized carbons (Fsp3) is 0.375. The Hall–Kier alpha value is -3.46. The van der Waals surface area contributed by atoms with Crippen LogP contribution in [-0.2, 0) is 4.74 Å². The van der Waals surface area contributed by atoms with Crippen molar-refractivity contribution >= 4 is 11.5 Å². The van der Waals surface area contributed by atoms with Crippen molar-refractivity contribution in [3.8, 4) is 16.9 Å². The Morgan fingerprint density at radius 3 is 2.88 bits per heavy atom. The molecule has 1 aliphatic heterocycles. The molecule has 0 aliphatic carbocycles. The summed E-state index contributed by atoms with van der Waals surface area (Å²) in [5.74, 6) is 1.02. The van der Waals surface area contributed by atoms with Crippen LogP contribution >= 0.6 is 0 Å². The minimum absolute atomic E-state index is 0.208. The number of hydrogen-bond donors (Lipinski definition) is 1. The van der Waals surface area contributed by atoms with E-state index in [2.05, 4.69) is 21.7 Å². The highest BCUT2D eigenvalue weighted by Gasteiger charge is 2.19. The Kier molecular flexibility index (Phi) is 5.95. The number of fused-ring (bicyclic) bond motifs is 1. The van der Waals surface area contributed by atoms with Gasteiger partial charge in [0.2, 0.25) is 0 Å². The molecule has 8 nitrogen and oxygen atoms in total. The fourth-order valence-electron chi connectivity index (χ4n) is 4.22. The molecular formula is C24H27FN6O2. The van der Waals surface area contributed by atoms with Crippen molar-refractivity contribution in [1.82, 2.24) is 24.4 Å². The maximum absolute atomic E-state index is 13.9. The molecule has 9 heteroatoms. The van der Waals surface area contributed by atoms with Gasteiger partial charge < -0.3 is 14.8 Å². The Morgan fingerprint density at radius 1 is 1.21 bits per heavy atom. The second-order valence-electron chi connectivity index (χ2n) is 8.17. The maximum atomic E-state index is 13.9. The van der Waals surface area contributed by atoms with E-state index in [1.165, 1.54) is 12.1 Å².